The van der Waals surface area contributed by atoms with Crippen LogP contribution in [0.1, 0.15) is 19.3 Å². The van der Waals surface area contributed by atoms with Crippen molar-refractivity contribution >= 4 is 38.2 Å². The lowest BCUT2D eigenvalue weighted by Crippen LogP contribution is -2.37. The van der Waals surface area contributed by atoms with Crippen molar-refractivity contribution in [2.75, 3.05) is 13.1 Å². The highest BCUT2D eigenvalue weighted by Crippen LogP contribution is 2.31. The number of rotatable bonds is 4. The van der Waals surface area contributed by atoms with Crippen LogP contribution in [0.4, 0.5) is 0 Å². The van der Waals surface area contributed by atoms with Crippen LogP contribution in [0.15, 0.2) is 64.5 Å². The Kier molecular flexibility index (Phi) is 5.17. The Balaban J connectivity index is 1.74. The Morgan fingerprint density at radius 2 is 1.64 bits per heavy atom. The topological polar surface area (TPSA) is 59.4 Å². The number of benzene rings is 2. The van der Waals surface area contributed by atoms with E-state index in [9.17, 15) is 13.2 Å². The van der Waals surface area contributed by atoms with E-state index in [0.717, 1.165) is 37.9 Å². The number of aromatic nitrogens is 1. The van der Waals surface area contributed by atoms with Crippen LogP contribution in [0.2, 0.25) is 5.02 Å². The molecule has 0 aliphatic carbocycles. The van der Waals surface area contributed by atoms with Crippen LogP contribution in [0, 0.1) is 0 Å². The molecule has 1 saturated heterocycles. The first-order valence-electron chi connectivity index (χ1n) is 9.33. The Bertz CT molecular complexity index is 1110. The molecule has 1 aliphatic rings. The number of carbonyl (C=O) groups is 1. The average Bonchev–Trinajstić information content (AvgIpc) is 3.08. The SMILES string of the molecule is O=C(Cn1cc(S(=O)(=O)c2ccc(Cl)cc2)c2ccccc21)N1CCCCC1. The smallest absolute Gasteiger partial charge is 0.242 e. The zero-order valence-corrected chi connectivity index (χ0v) is 16.9. The number of sulfone groups is 1. The van der Waals surface area contributed by atoms with Crippen LogP contribution in [0.25, 0.3) is 10.9 Å². The van der Waals surface area contributed by atoms with Crippen LogP contribution in [0.3, 0.4) is 0 Å². The predicted octanol–water partition coefficient (Wildman–Crippen LogP) is 4.14. The quantitative estimate of drug-likeness (QED) is 0.642. The standard InChI is InChI=1S/C21H21ClN2O3S/c22-16-8-10-17(11-9-16)28(26,27)20-14-24(19-7-3-2-6-18(19)20)15-21(25)23-12-4-1-5-13-23/h2-3,6-11,14H,1,4-5,12-13,15H2. The van der Waals surface area contributed by atoms with Gasteiger partial charge >= 0.3 is 0 Å². The molecule has 0 spiro atoms. The molecule has 5 nitrogen and oxygen atoms in total. The second-order valence-electron chi connectivity index (χ2n) is 7.04. The Morgan fingerprint density at radius 3 is 2.36 bits per heavy atom. The van der Waals surface area contributed by atoms with Gasteiger partial charge in [-0.2, -0.15) is 0 Å². The van der Waals surface area contributed by atoms with E-state index in [4.69, 9.17) is 11.6 Å². The van der Waals surface area contributed by atoms with Gasteiger partial charge in [0, 0.05) is 35.2 Å². The van der Waals surface area contributed by atoms with Gasteiger partial charge in [-0.1, -0.05) is 29.8 Å². The van der Waals surface area contributed by atoms with Crippen LogP contribution in [0.5, 0.6) is 0 Å². The number of hydrogen-bond donors (Lipinski definition) is 0. The summed E-state index contributed by atoms with van der Waals surface area (Å²) >= 11 is 5.90. The van der Waals surface area contributed by atoms with Crippen molar-refractivity contribution in [3.63, 3.8) is 0 Å². The Hall–Kier alpha value is -2.31. The van der Waals surface area contributed by atoms with Crippen LogP contribution in [-0.4, -0.2) is 36.9 Å². The first kappa shape index (κ1) is 19.0. The number of hydrogen-bond acceptors (Lipinski definition) is 3. The fourth-order valence-corrected chi connectivity index (χ4v) is 5.29. The molecule has 4 rings (SSSR count). The molecule has 0 unspecified atom stereocenters. The maximum absolute atomic E-state index is 13.2. The molecular formula is C21H21ClN2O3S. The molecule has 28 heavy (non-hydrogen) atoms. The lowest BCUT2D eigenvalue weighted by molar-refractivity contribution is -0.132. The molecule has 1 aromatic heterocycles. The highest BCUT2D eigenvalue weighted by Gasteiger charge is 2.25. The first-order valence-corrected chi connectivity index (χ1v) is 11.2. The highest BCUT2D eigenvalue weighted by molar-refractivity contribution is 7.91. The summed E-state index contributed by atoms with van der Waals surface area (Å²) < 4.78 is 28.2. The van der Waals surface area contributed by atoms with E-state index in [1.807, 2.05) is 17.0 Å². The zero-order valence-electron chi connectivity index (χ0n) is 15.3. The third kappa shape index (κ3) is 3.54. The molecule has 0 saturated carbocycles. The van der Waals surface area contributed by atoms with Gasteiger partial charge in [0.15, 0.2) is 0 Å². The highest BCUT2D eigenvalue weighted by atomic mass is 35.5. The van der Waals surface area contributed by atoms with Gasteiger partial charge in [-0.25, -0.2) is 8.42 Å². The minimum absolute atomic E-state index is 0.0240. The average molecular weight is 417 g/mol. The van der Waals surface area contributed by atoms with Crippen LogP contribution >= 0.6 is 11.6 Å². The number of piperidine rings is 1. The molecule has 146 valence electrons. The molecule has 0 atom stereocenters. The normalized spacial score (nSPS) is 15.1. The predicted molar refractivity (Wildman–Crippen MR) is 109 cm³/mol. The van der Waals surface area contributed by atoms with Crippen LogP contribution in [-0.2, 0) is 21.2 Å². The van der Waals surface area contributed by atoms with E-state index < -0.39 is 9.84 Å². The van der Waals surface area contributed by atoms with Crippen molar-refractivity contribution in [2.45, 2.75) is 35.6 Å². The lowest BCUT2D eigenvalue weighted by atomic mass is 10.1. The van der Waals surface area contributed by atoms with Gasteiger partial charge in [0.2, 0.25) is 15.7 Å². The number of halogens is 1. The molecule has 0 N–H and O–H groups in total. The van der Waals surface area contributed by atoms with Crippen LogP contribution < -0.4 is 0 Å². The fourth-order valence-electron chi connectivity index (χ4n) is 3.69. The number of para-hydroxylation sites is 1. The second-order valence-corrected chi connectivity index (χ2v) is 9.39. The Labute approximate surface area is 169 Å². The molecule has 2 aromatic carbocycles. The molecule has 3 aromatic rings. The number of fused-ring (bicyclic) bond motifs is 1. The summed E-state index contributed by atoms with van der Waals surface area (Å²) in [5.74, 6) is 0.0240. The Morgan fingerprint density at radius 1 is 0.964 bits per heavy atom. The third-order valence-corrected chi connectivity index (χ3v) is 7.23. The zero-order chi connectivity index (χ0) is 19.7. The summed E-state index contributed by atoms with van der Waals surface area (Å²) in [7, 11) is -3.73. The summed E-state index contributed by atoms with van der Waals surface area (Å²) in [5, 5.41) is 1.09. The van der Waals surface area contributed by atoms with Crippen molar-refractivity contribution in [1.29, 1.82) is 0 Å². The van der Waals surface area contributed by atoms with E-state index in [-0.39, 0.29) is 22.2 Å². The van der Waals surface area contributed by atoms with E-state index in [1.165, 1.54) is 12.1 Å². The summed E-state index contributed by atoms with van der Waals surface area (Å²) in [6, 6.07) is 13.4. The third-order valence-electron chi connectivity index (χ3n) is 5.18. The van der Waals surface area contributed by atoms with Gasteiger partial charge < -0.3 is 9.47 Å². The van der Waals surface area contributed by atoms with E-state index in [1.54, 1.807) is 35.0 Å². The summed E-state index contributed by atoms with van der Waals surface area (Å²) in [5.41, 5.74) is 0.736. The van der Waals surface area contributed by atoms with Gasteiger partial charge in [-0.3, -0.25) is 4.79 Å². The summed E-state index contributed by atoms with van der Waals surface area (Å²) in [4.78, 5) is 15.0. The largest absolute Gasteiger partial charge is 0.341 e. The number of carbonyl (C=O) groups excluding carboxylic acids is 1. The molecule has 1 fully saturated rings. The molecule has 1 aliphatic heterocycles. The molecule has 7 heteroatoms. The molecule has 2 heterocycles. The van der Waals surface area contributed by atoms with Crippen molar-refractivity contribution in [3.8, 4) is 0 Å². The summed E-state index contributed by atoms with van der Waals surface area (Å²) in [6.45, 7) is 1.68. The lowest BCUT2D eigenvalue weighted by Gasteiger charge is -2.27. The van der Waals surface area contributed by atoms with Crippen molar-refractivity contribution in [2.24, 2.45) is 0 Å². The molecular weight excluding hydrogens is 396 g/mol. The maximum Gasteiger partial charge on any atom is 0.242 e. The van der Waals surface area contributed by atoms with Crippen molar-refractivity contribution in [1.82, 2.24) is 9.47 Å². The number of amides is 1. The number of likely N-dealkylation sites (tertiary alicyclic amines) is 1. The minimum Gasteiger partial charge on any atom is -0.341 e. The molecule has 0 radical (unpaired) electrons. The number of nitrogens with zero attached hydrogens (tertiary/aromatic N) is 2. The molecule has 1 amide bonds. The van der Waals surface area contributed by atoms with Gasteiger partial charge in [0.1, 0.15) is 6.54 Å². The van der Waals surface area contributed by atoms with E-state index >= 15 is 0 Å². The van der Waals surface area contributed by atoms with E-state index in [2.05, 4.69) is 0 Å². The second kappa shape index (κ2) is 7.60. The summed E-state index contributed by atoms with van der Waals surface area (Å²) in [6.07, 6.45) is 4.78. The van der Waals surface area contributed by atoms with Gasteiger partial charge in [-0.15, -0.1) is 0 Å². The van der Waals surface area contributed by atoms with Gasteiger partial charge in [0.05, 0.1) is 9.79 Å². The van der Waals surface area contributed by atoms with Gasteiger partial charge in [-0.05, 0) is 49.6 Å². The maximum atomic E-state index is 13.2. The first-order chi connectivity index (χ1) is 13.5. The molecule has 0 bridgehead atoms. The van der Waals surface area contributed by atoms with Crippen molar-refractivity contribution in [3.05, 3.63) is 59.8 Å². The van der Waals surface area contributed by atoms with E-state index in [0.29, 0.717) is 10.4 Å². The monoisotopic (exact) mass is 416 g/mol. The fraction of sp³-hybridized carbons (Fsp3) is 0.286. The minimum atomic E-state index is -3.73. The van der Waals surface area contributed by atoms with Gasteiger partial charge in [0.25, 0.3) is 0 Å². The van der Waals surface area contributed by atoms with Crippen molar-refractivity contribution < 1.29 is 13.2 Å².